The van der Waals surface area contributed by atoms with Crippen molar-refractivity contribution in [3.63, 3.8) is 0 Å². The van der Waals surface area contributed by atoms with Crippen LogP contribution in [0.4, 0.5) is 13.2 Å². The van der Waals surface area contributed by atoms with E-state index in [-0.39, 0.29) is 43.8 Å². The summed E-state index contributed by atoms with van der Waals surface area (Å²) in [7, 11) is 1.60. The lowest BCUT2D eigenvalue weighted by atomic mass is 10.2. The summed E-state index contributed by atoms with van der Waals surface area (Å²) in [5.74, 6) is -0.291. The van der Waals surface area contributed by atoms with Crippen LogP contribution in [0.1, 0.15) is 5.56 Å². The van der Waals surface area contributed by atoms with Crippen LogP contribution >= 0.6 is 12.4 Å². The van der Waals surface area contributed by atoms with E-state index in [9.17, 15) is 23.1 Å². The fourth-order valence-corrected chi connectivity index (χ4v) is 1.47. The Hall–Kier alpha value is -1.51. The highest BCUT2D eigenvalue weighted by Crippen LogP contribution is 2.31. The van der Waals surface area contributed by atoms with Crippen LogP contribution in [0.3, 0.4) is 0 Å². The molecule has 3 N–H and O–H groups in total. The zero-order chi connectivity index (χ0) is 15.9. The van der Waals surface area contributed by atoms with Crippen molar-refractivity contribution in [2.75, 3.05) is 26.7 Å². The first kappa shape index (κ1) is 20.5. The summed E-state index contributed by atoms with van der Waals surface area (Å²) in [5, 5.41) is 14.7. The maximum Gasteiger partial charge on any atom is 0.416 e. The molecule has 0 saturated carbocycles. The standard InChI is InChI=1S/C13H17F3N2O3.ClH/c1-17-7-12(20)18-6-10(19)8-21-11-4-2-3-9(5-11)13(14,15)16;/h2-5,10,17,19H,6-8H2,1H3,(H,18,20);1H. The molecule has 9 heteroatoms. The number of aliphatic hydroxyl groups is 1. The van der Waals surface area contributed by atoms with Crippen LogP contribution in [0.2, 0.25) is 0 Å². The van der Waals surface area contributed by atoms with Gasteiger partial charge in [-0.1, -0.05) is 6.07 Å². The molecule has 0 saturated heterocycles. The molecule has 0 aliphatic rings. The van der Waals surface area contributed by atoms with Gasteiger partial charge in [0.2, 0.25) is 5.91 Å². The molecule has 22 heavy (non-hydrogen) atoms. The Morgan fingerprint density at radius 2 is 2.09 bits per heavy atom. The van der Waals surface area contributed by atoms with E-state index >= 15 is 0 Å². The molecule has 0 spiro atoms. The summed E-state index contributed by atoms with van der Waals surface area (Å²) in [6.45, 7) is -0.151. The predicted octanol–water partition coefficient (Wildman–Crippen LogP) is 1.20. The van der Waals surface area contributed by atoms with Crippen LogP contribution < -0.4 is 15.4 Å². The molecule has 1 amide bonds. The minimum atomic E-state index is -4.45. The SMILES string of the molecule is CNCC(=O)NCC(O)COc1cccc(C(F)(F)F)c1.Cl. The van der Waals surface area contributed by atoms with Crippen molar-refractivity contribution in [2.45, 2.75) is 12.3 Å². The van der Waals surface area contributed by atoms with Crippen LogP contribution in [-0.4, -0.2) is 43.9 Å². The Balaban J connectivity index is 0.00000441. The number of amides is 1. The van der Waals surface area contributed by atoms with Crippen molar-refractivity contribution in [3.8, 4) is 5.75 Å². The van der Waals surface area contributed by atoms with E-state index in [1.807, 2.05) is 0 Å². The zero-order valence-corrected chi connectivity index (χ0v) is 12.6. The van der Waals surface area contributed by atoms with E-state index in [0.29, 0.717) is 0 Å². The Kier molecular flexibility index (Phi) is 8.84. The van der Waals surface area contributed by atoms with E-state index in [4.69, 9.17) is 4.74 Å². The molecule has 1 atom stereocenters. The predicted molar refractivity (Wildman–Crippen MR) is 77.1 cm³/mol. The van der Waals surface area contributed by atoms with Gasteiger partial charge in [0.05, 0.1) is 12.1 Å². The summed E-state index contributed by atoms with van der Waals surface area (Å²) in [4.78, 5) is 11.1. The monoisotopic (exact) mass is 342 g/mol. The van der Waals surface area contributed by atoms with Crippen LogP contribution in [0.15, 0.2) is 24.3 Å². The number of hydrogen-bond donors (Lipinski definition) is 3. The first-order chi connectivity index (χ1) is 9.82. The third-order valence-electron chi connectivity index (χ3n) is 2.48. The smallest absolute Gasteiger partial charge is 0.416 e. The quantitative estimate of drug-likeness (QED) is 0.696. The number of ether oxygens (including phenoxy) is 1. The minimum absolute atomic E-state index is 0. The second kappa shape index (κ2) is 9.50. The highest BCUT2D eigenvalue weighted by molar-refractivity contribution is 5.85. The summed E-state index contributed by atoms with van der Waals surface area (Å²) >= 11 is 0. The number of likely N-dealkylation sites (N-methyl/N-ethyl adjacent to an activating group) is 1. The van der Waals surface area contributed by atoms with E-state index in [1.54, 1.807) is 7.05 Å². The Morgan fingerprint density at radius 3 is 2.68 bits per heavy atom. The van der Waals surface area contributed by atoms with Crippen molar-refractivity contribution >= 4 is 18.3 Å². The maximum atomic E-state index is 12.5. The second-order valence-electron chi connectivity index (χ2n) is 4.32. The number of rotatable bonds is 7. The third-order valence-corrected chi connectivity index (χ3v) is 2.48. The maximum absolute atomic E-state index is 12.5. The summed E-state index contributed by atoms with van der Waals surface area (Å²) < 4.78 is 42.6. The first-order valence-electron chi connectivity index (χ1n) is 6.22. The fourth-order valence-electron chi connectivity index (χ4n) is 1.47. The van der Waals surface area contributed by atoms with Gasteiger partial charge in [-0.2, -0.15) is 13.2 Å². The van der Waals surface area contributed by atoms with Crippen molar-refractivity contribution in [3.05, 3.63) is 29.8 Å². The molecule has 5 nitrogen and oxygen atoms in total. The average Bonchev–Trinajstić information content (AvgIpc) is 2.42. The third kappa shape index (κ3) is 7.48. The molecule has 0 aromatic heterocycles. The molecular weight excluding hydrogens is 325 g/mol. The van der Waals surface area contributed by atoms with Gasteiger partial charge in [-0.15, -0.1) is 12.4 Å². The van der Waals surface area contributed by atoms with Crippen LogP contribution in [-0.2, 0) is 11.0 Å². The molecule has 0 bridgehead atoms. The van der Waals surface area contributed by atoms with Gasteiger partial charge in [0.15, 0.2) is 0 Å². The van der Waals surface area contributed by atoms with E-state index in [2.05, 4.69) is 10.6 Å². The topological polar surface area (TPSA) is 70.6 Å². The highest BCUT2D eigenvalue weighted by Gasteiger charge is 2.30. The van der Waals surface area contributed by atoms with E-state index in [1.165, 1.54) is 12.1 Å². The number of carbonyl (C=O) groups is 1. The van der Waals surface area contributed by atoms with Crippen LogP contribution in [0.5, 0.6) is 5.75 Å². The molecule has 1 unspecified atom stereocenters. The molecule has 0 heterocycles. The summed E-state index contributed by atoms with van der Waals surface area (Å²) in [6, 6.07) is 4.37. The van der Waals surface area contributed by atoms with Crippen LogP contribution in [0.25, 0.3) is 0 Å². The minimum Gasteiger partial charge on any atom is -0.491 e. The Bertz CT molecular complexity index is 472. The number of benzene rings is 1. The molecule has 1 aromatic rings. The number of carbonyl (C=O) groups excluding carboxylic acids is 1. The molecule has 0 aliphatic carbocycles. The lowest BCUT2D eigenvalue weighted by Gasteiger charge is -2.14. The Labute approximate surface area is 132 Å². The second-order valence-corrected chi connectivity index (χ2v) is 4.32. The van der Waals surface area contributed by atoms with Crippen LogP contribution in [0, 0.1) is 0 Å². The first-order valence-corrected chi connectivity index (χ1v) is 6.22. The zero-order valence-electron chi connectivity index (χ0n) is 11.8. The van der Waals surface area contributed by atoms with Gasteiger partial charge in [-0.25, -0.2) is 0 Å². The number of alkyl halides is 3. The van der Waals surface area contributed by atoms with Crippen molar-refractivity contribution in [1.29, 1.82) is 0 Å². The van der Waals surface area contributed by atoms with Crippen molar-refractivity contribution in [1.82, 2.24) is 10.6 Å². The van der Waals surface area contributed by atoms with Gasteiger partial charge < -0.3 is 20.5 Å². The normalized spacial score (nSPS) is 12.2. The van der Waals surface area contributed by atoms with Crippen molar-refractivity contribution < 1.29 is 27.8 Å². The molecule has 1 rings (SSSR count). The number of nitrogens with one attached hydrogen (secondary N) is 2. The van der Waals surface area contributed by atoms with Gasteiger partial charge in [0, 0.05) is 6.54 Å². The molecular formula is C13H18ClF3N2O3. The van der Waals surface area contributed by atoms with Crippen molar-refractivity contribution in [2.24, 2.45) is 0 Å². The highest BCUT2D eigenvalue weighted by atomic mass is 35.5. The molecule has 0 radical (unpaired) electrons. The van der Waals surface area contributed by atoms with Gasteiger partial charge in [0.25, 0.3) is 0 Å². The van der Waals surface area contributed by atoms with Gasteiger partial charge in [-0.3, -0.25) is 4.79 Å². The lowest BCUT2D eigenvalue weighted by molar-refractivity contribution is -0.137. The number of hydrogen-bond acceptors (Lipinski definition) is 4. The lowest BCUT2D eigenvalue weighted by Crippen LogP contribution is -2.39. The summed E-state index contributed by atoms with van der Waals surface area (Å²) in [5.41, 5.74) is -0.822. The largest absolute Gasteiger partial charge is 0.491 e. The fraction of sp³-hybridized carbons (Fsp3) is 0.462. The van der Waals surface area contributed by atoms with Gasteiger partial charge >= 0.3 is 6.18 Å². The molecule has 126 valence electrons. The Morgan fingerprint density at radius 1 is 1.41 bits per heavy atom. The van der Waals surface area contributed by atoms with E-state index in [0.717, 1.165) is 12.1 Å². The molecule has 1 aromatic carbocycles. The van der Waals surface area contributed by atoms with Gasteiger partial charge in [-0.05, 0) is 25.2 Å². The van der Waals surface area contributed by atoms with Gasteiger partial charge in [0.1, 0.15) is 18.5 Å². The molecule has 0 fully saturated rings. The number of aliphatic hydroxyl groups excluding tert-OH is 1. The molecule has 0 aliphatic heterocycles. The van der Waals surface area contributed by atoms with E-state index < -0.39 is 17.8 Å². The average molecular weight is 343 g/mol. The summed E-state index contributed by atoms with van der Waals surface area (Å²) in [6.07, 6.45) is -5.46. The number of halogens is 4.